The van der Waals surface area contributed by atoms with Crippen molar-refractivity contribution in [3.63, 3.8) is 0 Å². The van der Waals surface area contributed by atoms with Gasteiger partial charge in [-0.05, 0) is 35.1 Å². The average Bonchev–Trinajstić information content (AvgIpc) is 3.20. The number of amides is 1. The van der Waals surface area contributed by atoms with Crippen molar-refractivity contribution in [3.8, 4) is 11.1 Å². The average molecular weight is 321 g/mol. The smallest absolute Gasteiger partial charge is 0.326 e. The third-order valence-electron chi connectivity index (χ3n) is 5.20. The van der Waals surface area contributed by atoms with Crippen LogP contribution in [0, 0.1) is 0 Å². The van der Waals surface area contributed by atoms with E-state index in [9.17, 15) is 14.7 Å². The summed E-state index contributed by atoms with van der Waals surface area (Å²) >= 11 is 0. The van der Waals surface area contributed by atoms with Crippen LogP contribution in [0.15, 0.2) is 48.5 Å². The SMILES string of the molecule is O=C(O)[C@@H]1CCCN1C(=O)CC1c2ccccc2-c2ccccc21. The highest BCUT2D eigenvalue weighted by atomic mass is 16.4. The molecule has 1 N–H and O–H groups in total. The fraction of sp³-hybridized carbons (Fsp3) is 0.300. The van der Waals surface area contributed by atoms with Crippen LogP contribution in [0.1, 0.15) is 36.3 Å². The third kappa shape index (κ3) is 2.30. The van der Waals surface area contributed by atoms with E-state index in [1.54, 1.807) is 4.90 Å². The summed E-state index contributed by atoms with van der Waals surface area (Å²) in [6.07, 6.45) is 1.65. The number of nitrogens with zero attached hydrogens (tertiary/aromatic N) is 1. The number of hydrogen-bond acceptors (Lipinski definition) is 2. The summed E-state index contributed by atoms with van der Waals surface area (Å²) in [5.41, 5.74) is 4.69. The van der Waals surface area contributed by atoms with Gasteiger partial charge in [0.15, 0.2) is 0 Å². The molecule has 2 aliphatic rings. The van der Waals surface area contributed by atoms with Gasteiger partial charge in [0.25, 0.3) is 0 Å². The molecule has 4 rings (SSSR count). The van der Waals surface area contributed by atoms with E-state index in [1.165, 1.54) is 11.1 Å². The minimum absolute atomic E-state index is 0.0138. The molecule has 1 saturated heterocycles. The van der Waals surface area contributed by atoms with Crippen LogP contribution in [-0.2, 0) is 9.59 Å². The highest BCUT2D eigenvalue weighted by Gasteiger charge is 2.37. The predicted octanol–water partition coefficient (Wildman–Crippen LogP) is 3.26. The lowest BCUT2D eigenvalue weighted by Crippen LogP contribution is -2.40. The zero-order chi connectivity index (χ0) is 16.7. The van der Waals surface area contributed by atoms with E-state index in [0.29, 0.717) is 19.4 Å². The van der Waals surface area contributed by atoms with Gasteiger partial charge in [-0.15, -0.1) is 0 Å². The Morgan fingerprint density at radius 2 is 1.58 bits per heavy atom. The lowest BCUT2D eigenvalue weighted by molar-refractivity contribution is -0.148. The van der Waals surface area contributed by atoms with Crippen LogP contribution in [0.4, 0.5) is 0 Å². The maximum atomic E-state index is 12.8. The molecule has 4 nitrogen and oxygen atoms in total. The van der Waals surface area contributed by atoms with Gasteiger partial charge in [0.2, 0.25) is 5.91 Å². The van der Waals surface area contributed by atoms with E-state index in [2.05, 4.69) is 24.3 Å². The van der Waals surface area contributed by atoms with Crippen LogP contribution in [0.25, 0.3) is 11.1 Å². The molecule has 1 amide bonds. The number of aliphatic carboxylic acids is 1. The molecule has 1 fully saturated rings. The zero-order valence-electron chi connectivity index (χ0n) is 13.3. The van der Waals surface area contributed by atoms with Crippen LogP contribution in [-0.4, -0.2) is 34.5 Å². The first-order valence-corrected chi connectivity index (χ1v) is 8.37. The number of carboxylic acid groups (broad SMARTS) is 1. The van der Waals surface area contributed by atoms with Crippen LogP contribution in [0.3, 0.4) is 0 Å². The first-order valence-electron chi connectivity index (χ1n) is 8.37. The molecular weight excluding hydrogens is 302 g/mol. The third-order valence-corrected chi connectivity index (χ3v) is 5.20. The highest BCUT2D eigenvalue weighted by molar-refractivity contribution is 5.87. The molecule has 0 saturated carbocycles. The van der Waals surface area contributed by atoms with Gasteiger partial charge in [0.1, 0.15) is 6.04 Å². The first kappa shape index (κ1) is 14.9. The number of hydrogen-bond donors (Lipinski definition) is 1. The second kappa shape index (κ2) is 5.78. The zero-order valence-corrected chi connectivity index (χ0v) is 13.3. The Balaban J connectivity index is 1.65. The molecular formula is C20H19NO3. The molecule has 0 spiro atoms. The topological polar surface area (TPSA) is 57.6 Å². The summed E-state index contributed by atoms with van der Waals surface area (Å²) in [5, 5.41) is 9.32. The lowest BCUT2D eigenvalue weighted by Gasteiger charge is -2.23. The van der Waals surface area contributed by atoms with Gasteiger partial charge in [-0.2, -0.15) is 0 Å². The van der Waals surface area contributed by atoms with E-state index in [4.69, 9.17) is 0 Å². The number of benzene rings is 2. The molecule has 24 heavy (non-hydrogen) atoms. The van der Waals surface area contributed by atoms with Crippen LogP contribution >= 0.6 is 0 Å². The van der Waals surface area contributed by atoms with Gasteiger partial charge < -0.3 is 10.0 Å². The van der Waals surface area contributed by atoms with Gasteiger partial charge in [-0.3, -0.25) is 4.79 Å². The molecule has 0 aromatic heterocycles. The van der Waals surface area contributed by atoms with Crippen molar-refractivity contribution in [1.29, 1.82) is 0 Å². The summed E-state index contributed by atoms with van der Waals surface area (Å²) in [4.78, 5) is 25.7. The number of carbonyl (C=O) groups is 2. The monoisotopic (exact) mass is 321 g/mol. The molecule has 122 valence electrons. The van der Waals surface area contributed by atoms with Crippen LogP contribution in [0.5, 0.6) is 0 Å². The standard InChI is InChI=1S/C20H19NO3/c22-19(21-11-5-10-18(21)20(23)24)12-17-15-8-3-1-6-13(15)14-7-2-4-9-16(14)17/h1-4,6-9,17-18H,5,10-12H2,(H,23,24)/t18-/m0/s1. The Morgan fingerprint density at radius 3 is 2.17 bits per heavy atom. The van der Waals surface area contributed by atoms with Crippen molar-refractivity contribution in [1.82, 2.24) is 4.90 Å². The Labute approximate surface area is 140 Å². The molecule has 1 aliphatic heterocycles. The van der Waals surface area contributed by atoms with E-state index < -0.39 is 12.0 Å². The summed E-state index contributed by atoms with van der Waals surface area (Å²) in [6, 6.07) is 15.7. The fourth-order valence-corrected chi connectivity index (χ4v) is 4.09. The Morgan fingerprint density at radius 1 is 1.00 bits per heavy atom. The normalized spacial score (nSPS) is 19.2. The van der Waals surface area contributed by atoms with E-state index >= 15 is 0 Å². The van der Waals surface area contributed by atoms with Gasteiger partial charge in [0, 0.05) is 18.9 Å². The predicted molar refractivity (Wildman–Crippen MR) is 90.7 cm³/mol. The Hall–Kier alpha value is -2.62. The largest absolute Gasteiger partial charge is 0.480 e. The molecule has 0 radical (unpaired) electrons. The first-order chi connectivity index (χ1) is 11.7. The van der Waals surface area contributed by atoms with Gasteiger partial charge in [-0.1, -0.05) is 48.5 Å². The maximum absolute atomic E-state index is 12.8. The summed E-state index contributed by atoms with van der Waals surface area (Å²) in [7, 11) is 0. The van der Waals surface area contributed by atoms with Crippen molar-refractivity contribution in [2.75, 3.05) is 6.54 Å². The molecule has 1 heterocycles. The maximum Gasteiger partial charge on any atom is 0.326 e. The minimum Gasteiger partial charge on any atom is -0.480 e. The Bertz CT molecular complexity index is 769. The summed E-state index contributed by atoms with van der Waals surface area (Å²) in [6.45, 7) is 0.547. The lowest BCUT2D eigenvalue weighted by atomic mass is 9.93. The van der Waals surface area contributed by atoms with Crippen molar-refractivity contribution in [2.24, 2.45) is 0 Å². The van der Waals surface area contributed by atoms with E-state index in [0.717, 1.165) is 17.5 Å². The van der Waals surface area contributed by atoms with E-state index in [-0.39, 0.29) is 11.8 Å². The molecule has 0 bridgehead atoms. The van der Waals surface area contributed by atoms with Crippen molar-refractivity contribution in [3.05, 3.63) is 59.7 Å². The number of carbonyl (C=O) groups excluding carboxylic acids is 1. The molecule has 0 unspecified atom stereocenters. The summed E-state index contributed by atoms with van der Waals surface area (Å²) < 4.78 is 0. The van der Waals surface area contributed by atoms with Crippen molar-refractivity contribution >= 4 is 11.9 Å². The van der Waals surface area contributed by atoms with E-state index in [1.807, 2.05) is 24.3 Å². The number of fused-ring (bicyclic) bond motifs is 3. The Kier molecular flexibility index (Phi) is 3.60. The minimum atomic E-state index is -0.895. The number of likely N-dealkylation sites (tertiary alicyclic amines) is 1. The van der Waals surface area contributed by atoms with Gasteiger partial charge in [0.05, 0.1) is 0 Å². The molecule has 2 aromatic carbocycles. The van der Waals surface area contributed by atoms with Gasteiger partial charge in [-0.25, -0.2) is 4.79 Å². The quantitative estimate of drug-likeness (QED) is 0.944. The van der Waals surface area contributed by atoms with Crippen LogP contribution in [0.2, 0.25) is 0 Å². The van der Waals surface area contributed by atoms with Crippen LogP contribution < -0.4 is 0 Å². The highest BCUT2D eigenvalue weighted by Crippen LogP contribution is 2.46. The molecule has 1 aliphatic carbocycles. The number of rotatable bonds is 3. The van der Waals surface area contributed by atoms with Crippen molar-refractivity contribution in [2.45, 2.75) is 31.2 Å². The van der Waals surface area contributed by atoms with Gasteiger partial charge >= 0.3 is 5.97 Å². The molecule has 2 aromatic rings. The molecule has 1 atom stereocenters. The molecule has 4 heteroatoms. The fourth-order valence-electron chi connectivity index (χ4n) is 4.09. The summed E-state index contributed by atoms with van der Waals surface area (Å²) in [5.74, 6) is -0.940. The number of carboxylic acids is 1. The van der Waals surface area contributed by atoms with Crippen molar-refractivity contribution < 1.29 is 14.7 Å². The second-order valence-electron chi connectivity index (χ2n) is 6.51. The second-order valence-corrected chi connectivity index (χ2v) is 6.51.